The van der Waals surface area contributed by atoms with Gasteiger partial charge in [-0.05, 0) is 84.0 Å². The van der Waals surface area contributed by atoms with Crippen molar-refractivity contribution in [3.63, 3.8) is 0 Å². The minimum Gasteiger partial charge on any atom is -0.456 e. The monoisotopic (exact) mass is 711 g/mol. The van der Waals surface area contributed by atoms with Gasteiger partial charge in [-0.2, -0.15) is 9.13 Å². The van der Waals surface area contributed by atoms with E-state index in [4.69, 9.17) is 11.0 Å². The Hall–Kier alpha value is -6.26. The van der Waals surface area contributed by atoms with Crippen molar-refractivity contribution in [2.45, 2.75) is 57.4 Å². The van der Waals surface area contributed by atoms with E-state index in [1.54, 1.807) is 0 Å². The van der Waals surface area contributed by atoms with Crippen LogP contribution in [-0.2, 0) is 11.8 Å². The number of para-hydroxylation sites is 2. The van der Waals surface area contributed by atoms with E-state index in [0.717, 1.165) is 41.5 Å². The highest BCUT2D eigenvalue weighted by atomic mass is 16.3. The third-order valence-corrected chi connectivity index (χ3v) is 13.0. The van der Waals surface area contributed by atoms with Gasteiger partial charge < -0.3 is 8.82 Å². The summed E-state index contributed by atoms with van der Waals surface area (Å²) in [5, 5.41) is 7.40. The lowest BCUT2D eigenvalue weighted by molar-refractivity contribution is -0.720. The van der Waals surface area contributed by atoms with Crippen molar-refractivity contribution in [2.24, 2.45) is 0 Å². The first-order valence-electron chi connectivity index (χ1n) is 19.7. The summed E-state index contributed by atoms with van der Waals surface area (Å²) in [5.74, 6) is 0.332. The lowest BCUT2D eigenvalue weighted by Crippen LogP contribution is -2.49. The van der Waals surface area contributed by atoms with Crippen molar-refractivity contribution in [1.29, 1.82) is 0 Å². The molecule has 7 heterocycles. The van der Waals surface area contributed by atoms with Crippen LogP contribution in [0.15, 0.2) is 145 Å². The molecule has 2 aliphatic rings. The van der Waals surface area contributed by atoms with Crippen LogP contribution in [-0.4, -0.2) is 4.40 Å². The fraction of sp³-hybridized carbons (Fsp3) is 0.176. The highest BCUT2D eigenvalue weighted by Crippen LogP contribution is 2.49. The Morgan fingerprint density at radius 2 is 1.47 bits per heavy atom. The topological polar surface area (TPSA) is 25.3 Å². The van der Waals surface area contributed by atoms with Gasteiger partial charge in [-0.25, -0.2) is 0 Å². The summed E-state index contributed by atoms with van der Waals surface area (Å²) >= 11 is 0. The Labute approximate surface area is 319 Å². The fourth-order valence-electron chi connectivity index (χ4n) is 10.4. The highest BCUT2D eigenvalue weighted by Gasteiger charge is 2.42. The number of pyridine rings is 2. The molecule has 0 spiro atoms. The number of hydrogen-bond acceptors (Lipinski definition) is 1. The molecule has 2 unspecified atom stereocenters. The van der Waals surface area contributed by atoms with Gasteiger partial charge in [0, 0.05) is 68.1 Å². The second kappa shape index (κ2) is 10.9. The van der Waals surface area contributed by atoms with E-state index < -0.39 is 0 Å². The summed E-state index contributed by atoms with van der Waals surface area (Å²) in [7, 11) is 0. The number of allylic oxidation sites excluding steroid dienone is 1. The van der Waals surface area contributed by atoms with E-state index in [0.29, 0.717) is 5.92 Å². The quantitative estimate of drug-likeness (QED) is 0.144. The molecule has 0 amide bonds. The van der Waals surface area contributed by atoms with Crippen molar-refractivity contribution < 1.29 is 13.6 Å². The zero-order valence-corrected chi connectivity index (χ0v) is 31.4. The molecule has 0 radical (unpaired) electrons. The molecule has 0 bridgehead atoms. The first-order chi connectivity index (χ1) is 26.8. The van der Waals surface area contributed by atoms with Gasteiger partial charge in [0.15, 0.2) is 24.1 Å². The third-order valence-electron chi connectivity index (χ3n) is 13.0. The maximum atomic E-state index is 6.64. The van der Waals surface area contributed by atoms with Crippen LogP contribution in [0, 0.1) is 0 Å². The molecule has 0 aliphatic carbocycles. The molecule has 0 saturated carbocycles. The third kappa shape index (κ3) is 4.23. The predicted octanol–water partition coefficient (Wildman–Crippen LogP) is 12.1. The van der Waals surface area contributed by atoms with Gasteiger partial charge in [0.1, 0.15) is 11.2 Å². The molecule has 0 N–H and O–H groups in total. The molecule has 0 fully saturated rings. The van der Waals surface area contributed by atoms with Crippen molar-refractivity contribution in [1.82, 2.24) is 4.40 Å². The second-order valence-electron chi connectivity index (χ2n) is 17.0. The van der Waals surface area contributed by atoms with Crippen LogP contribution in [0.25, 0.3) is 88.2 Å². The fourth-order valence-corrected chi connectivity index (χ4v) is 10.4. The van der Waals surface area contributed by atoms with Crippen molar-refractivity contribution in [2.75, 3.05) is 0 Å². The molecule has 5 aromatic heterocycles. The predicted molar refractivity (Wildman–Crippen MR) is 225 cm³/mol. The van der Waals surface area contributed by atoms with Crippen LogP contribution in [0.5, 0.6) is 0 Å². The summed E-state index contributed by atoms with van der Waals surface area (Å²) in [6.45, 7) is 11.8. The van der Waals surface area contributed by atoms with Crippen LogP contribution in [0.1, 0.15) is 62.3 Å². The molecule has 4 heteroatoms. The number of nitrogens with zero attached hydrogens (tertiary/aromatic N) is 3. The largest absolute Gasteiger partial charge is 0.456 e. The lowest BCUT2D eigenvalue weighted by atomic mass is 9.77. The van der Waals surface area contributed by atoms with E-state index in [-0.39, 0.29) is 11.5 Å². The molecule has 12 rings (SSSR count). The van der Waals surface area contributed by atoms with Gasteiger partial charge in [0.25, 0.3) is 0 Å². The van der Waals surface area contributed by atoms with Crippen LogP contribution in [0.2, 0.25) is 0 Å². The molecule has 5 aromatic carbocycles. The van der Waals surface area contributed by atoms with Gasteiger partial charge >= 0.3 is 0 Å². The van der Waals surface area contributed by atoms with Gasteiger partial charge in [-0.1, -0.05) is 75.4 Å². The first-order valence-corrected chi connectivity index (χ1v) is 19.7. The summed E-state index contributed by atoms with van der Waals surface area (Å²) in [4.78, 5) is 0. The molecule has 55 heavy (non-hydrogen) atoms. The van der Waals surface area contributed by atoms with E-state index >= 15 is 0 Å². The number of aryl methyl sites for hydroxylation is 1. The second-order valence-corrected chi connectivity index (χ2v) is 17.0. The smallest absolute Gasteiger partial charge is 0.218 e. The Bertz CT molecular complexity index is 3260. The Morgan fingerprint density at radius 3 is 2.36 bits per heavy atom. The van der Waals surface area contributed by atoms with Crippen molar-refractivity contribution in [3.05, 3.63) is 157 Å². The van der Waals surface area contributed by atoms with E-state index in [1.165, 1.54) is 82.7 Å². The van der Waals surface area contributed by atoms with Crippen molar-refractivity contribution in [3.8, 4) is 22.5 Å². The van der Waals surface area contributed by atoms with Crippen LogP contribution in [0.4, 0.5) is 0 Å². The van der Waals surface area contributed by atoms with E-state index in [1.807, 2.05) is 0 Å². The number of aromatic nitrogens is 3. The molecule has 264 valence electrons. The van der Waals surface area contributed by atoms with Crippen LogP contribution < -0.4 is 9.13 Å². The van der Waals surface area contributed by atoms with Gasteiger partial charge in [0.2, 0.25) is 11.4 Å². The summed E-state index contributed by atoms with van der Waals surface area (Å²) < 4.78 is 14.1. The Morgan fingerprint density at radius 1 is 0.673 bits per heavy atom. The SMILES string of the molecule is C=C1CC2C(CCc3cc4c(cc3-c3cc(C(C)(C)C)cc[n+]31)c1c3c(cc5c6ccccc6n4c51)oc1ccccc13)c1ccccc1-c1cccc[n+]12. The Kier molecular flexibility index (Phi) is 6.18. The number of furan rings is 1. The van der Waals surface area contributed by atoms with E-state index in [9.17, 15) is 0 Å². The normalized spacial score (nSPS) is 17.2. The average molecular weight is 712 g/mol. The first kappa shape index (κ1) is 31.1. The van der Waals surface area contributed by atoms with E-state index in [2.05, 4.69) is 168 Å². The van der Waals surface area contributed by atoms with Gasteiger partial charge in [0.05, 0.1) is 28.5 Å². The number of fused-ring (bicyclic) bond motifs is 19. The standard InChI is InChI=1S/C51H41N3O/c1-30-25-43-36(33-13-5-6-14-34(33)41-17-11-12-23-53(41)43)21-20-31-26-45-40(28-38(31)44-27-32(51(2,3)4)22-24-52(30)44)49-48-37-16-8-10-19-46(37)55-47(48)29-39-35-15-7-9-18-42(35)54(45)50(39)49/h5-19,22-24,26-29,36,43H,1,20-21,25H2,2-4H3/q+2. The molecule has 2 aliphatic heterocycles. The lowest BCUT2D eigenvalue weighted by Gasteiger charge is -2.31. The highest BCUT2D eigenvalue weighted by molar-refractivity contribution is 6.35. The zero-order chi connectivity index (χ0) is 36.7. The zero-order valence-electron chi connectivity index (χ0n) is 31.4. The maximum Gasteiger partial charge on any atom is 0.218 e. The number of rotatable bonds is 0. The summed E-state index contributed by atoms with van der Waals surface area (Å²) in [5.41, 5.74) is 16.0. The minimum absolute atomic E-state index is 0.0131. The van der Waals surface area contributed by atoms with Gasteiger partial charge in [-0.15, -0.1) is 0 Å². The van der Waals surface area contributed by atoms with Crippen LogP contribution >= 0.6 is 0 Å². The maximum absolute atomic E-state index is 6.64. The van der Waals surface area contributed by atoms with Crippen molar-refractivity contribution >= 4 is 65.7 Å². The number of benzene rings is 5. The molecule has 2 atom stereocenters. The molecule has 4 nitrogen and oxygen atoms in total. The molecular weight excluding hydrogens is 671 g/mol. The summed E-state index contributed by atoms with van der Waals surface area (Å²) in [6.07, 6.45) is 7.42. The Balaban J connectivity index is 1.20. The molecular formula is C51H41N3O+2. The minimum atomic E-state index is -0.0131. The average Bonchev–Trinajstić information content (AvgIpc) is 3.85. The molecule has 0 saturated heterocycles. The number of hydrogen-bond donors (Lipinski definition) is 0. The summed E-state index contributed by atoms with van der Waals surface area (Å²) in [6, 6.07) is 45.5. The molecule has 10 aromatic rings. The van der Waals surface area contributed by atoms with Gasteiger partial charge in [-0.3, -0.25) is 0 Å². The van der Waals surface area contributed by atoms with Crippen LogP contribution in [0.3, 0.4) is 0 Å².